The summed E-state index contributed by atoms with van der Waals surface area (Å²) in [5.74, 6) is -0.856. The Hall–Kier alpha value is -2.38. The number of fused-ring (bicyclic) bond motifs is 1. The van der Waals surface area contributed by atoms with Crippen LogP contribution in [-0.2, 0) is 19.1 Å². The van der Waals surface area contributed by atoms with Gasteiger partial charge in [0.25, 0.3) is 0 Å². The summed E-state index contributed by atoms with van der Waals surface area (Å²) in [5, 5.41) is 6.80. The quantitative estimate of drug-likeness (QED) is 0.489. The third-order valence-electron chi connectivity index (χ3n) is 9.35. The van der Waals surface area contributed by atoms with Gasteiger partial charge in [0.15, 0.2) is 0 Å². The van der Waals surface area contributed by atoms with Crippen molar-refractivity contribution in [1.82, 2.24) is 10.2 Å². The number of carbonyl (C=O) groups is 3. The number of aryl methyl sites for hydroxylation is 1. The minimum atomic E-state index is -1.14. The number of nitrogens with one attached hydrogen (secondary N) is 2. The highest BCUT2D eigenvalue weighted by molar-refractivity contribution is 6.31. The van der Waals surface area contributed by atoms with Gasteiger partial charge in [0.2, 0.25) is 17.7 Å². The van der Waals surface area contributed by atoms with E-state index in [0.717, 1.165) is 24.8 Å². The van der Waals surface area contributed by atoms with Crippen molar-refractivity contribution in [2.24, 2.45) is 29.6 Å². The number of carbonyl (C=O) groups excluding carboxylic acids is 3. The Labute approximate surface area is 230 Å². The first-order chi connectivity index (χ1) is 18.0. The fourth-order valence-electron chi connectivity index (χ4n) is 6.85. The molecule has 2 saturated heterocycles. The Morgan fingerprint density at radius 2 is 1.97 bits per heavy atom. The molecular weight excluding hydrogens is 502 g/mol. The van der Waals surface area contributed by atoms with E-state index in [2.05, 4.69) is 38.3 Å². The van der Waals surface area contributed by atoms with Crippen LogP contribution in [0.15, 0.2) is 30.4 Å². The van der Waals surface area contributed by atoms with Crippen LogP contribution in [0.2, 0.25) is 5.02 Å². The Morgan fingerprint density at radius 3 is 2.68 bits per heavy atom. The van der Waals surface area contributed by atoms with Crippen molar-refractivity contribution in [2.75, 3.05) is 11.9 Å². The molecule has 5 rings (SSSR count). The summed E-state index contributed by atoms with van der Waals surface area (Å²) < 4.78 is 6.46. The van der Waals surface area contributed by atoms with E-state index in [0.29, 0.717) is 35.0 Å². The van der Waals surface area contributed by atoms with Crippen LogP contribution in [0.1, 0.15) is 58.9 Å². The first-order valence-corrected chi connectivity index (χ1v) is 14.5. The lowest BCUT2D eigenvalue weighted by Crippen LogP contribution is -2.58. The lowest BCUT2D eigenvalue weighted by atomic mass is 9.73. The topological polar surface area (TPSA) is 87.7 Å². The molecular formula is C30H40ClN3O4. The van der Waals surface area contributed by atoms with E-state index in [-0.39, 0.29) is 23.8 Å². The van der Waals surface area contributed by atoms with Crippen LogP contribution >= 0.6 is 11.6 Å². The number of hydrogen-bond acceptors (Lipinski definition) is 4. The number of nitrogens with zero attached hydrogens (tertiary/aromatic N) is 1. The van der Waals surface area contributed by atoms with Crippen molar-refractivity contribution in [1.29, 1.82) is 0 Å². The van der Waals surface area contributed by atoms with Gasteiger partial charge in [-0.15, -0.1) is 0 Å². The Bertz CT molecular complexity index is 1150. The SMILES string of the molecule is Cc1ccc(NC(=O)[C@H]2[C@H]3C=C[C@@]4(O3)[C@H]2C(=O)N(CCC(C)C)[C@@H]4C(=O)N[C@@H]2CCC[C@@H](C)[C@H]2C)cc1Cl. The summed E-state index contributed by atoms with van der Waals surface area (Å²) in [6.07, 6.45) is 7.12. The zero-order valence-electron chi connectivity index (χ0n) is 23.0. The molecule has 3 aliphatic heterocycles. The zero-order chi connectivity index (χ0) is 27.4. The molecule has 8 heteroatoms. The molecule has 1 aromatic rings. The van der Waals surface area contributed by atoms with E-state index in [1.54, 1.807) is 17.0 Å². The highest BCUT2D eigenvalue weighted by Crippen LogP contribution is 2.55. The van der Waals surface area contributed by atoms with Gasteiger partial charge in [-0.3, -0.25) is 14.4 Å². The van der Waals surface area contributed by atoms with E-state index in [4.69, 9.17) is 16.3 Å². The molecule has 206 valence electrons. The fraction of sp³-hybridized carbons (Fsp3) is 0.633. The summed E-state index contributed by atoms with van der Waals surface area (Å²) >= 11 is 6.27. The lowest BCUT2D eigenvalue weighted by Gasteiger charge is -2.38. The van der Waals surface area contributed by atoms with Crippen molar-refractivity contribution in [2.45, 2.75) is 84.1 Å². The second-order valence-corrected chi connectivity index (χ2v) is 12.7. The number of hydrogen-bond donors (Lipinski definition) is 2. The molecule has 1 saturated carbocycles. The molecule has 0 unspecified atom stereocenters. The van der Waals surface area contributed by atoms with E-state index < -0.39 is 29.6 Å². The number of rotatable bonds is 7. The normalized spacial score (nSPS) is 35.6. The lowest BCUT2D eigenvalue weighted by molar-refractivity contribution is -0.141. The van der Waals surface area contributed by atoms with Crippen molar-refractivity contribution in [3.05, 3.63) is 40.9 Å². The van der Waals surface area contributed by atoms with Crippen molar-refractivity contribution >= 4 is 35.0 Å². The Morgan fingerprint density at radius 1 is 1.21 bits per heavy atom. The average Bonchev–Trinajstić information content (AvgIpc) is 3.50. The molecule has 8 atom stereocenters. The van der Waals surface area contributed by atoms with Gasteiger partial charge in [-0.25, -0.2) is 0 Å². The highest BCUT2D eigenvalue weighted by atomic mass is 35.5. The van der Waals surface area contributed by atoms with Gasteiger partial charge in [-0.05, 0) is 55.2 Å². The minimum Gasteiger partial charge on any atom is -0.359 e. The van der Waals surface area contributed by atoms with Gasteiger partial charge in [-0.2, -0.15) is 0 Å². The Kier molecular flexibility index (Phi) is 7.38. The summed E-state index contributed by atoms with van der Waals surface area (Å²) in [5.41, 5.74) is 0.347. The van der Waals surface area contributed by atoms with Crippen LogP contribution < -0.4 is 10.6 Å². The van der Waals surface area contributed by atoms with E-state index >= 15 is 0 Å². The van der Waals surface area contributed by atoms with Crippen LogP contribution in [-0.4, -0.2) is 53.0 Å². The number of benzene rings is 1. The fourth-order valence-corrected chi connectivity index (χ4v) is 7.03. The third-order valence-corrected chi connectivity index (χ3v) is 9.75. The molecule has 3 amide bonds. The molecule has 2 N–H and O–H groups in total. The van der Waals surface area contributed by atoms with Gasteiger partial charge in [-0.1, -0.05) is 70.4 Å². The molecule has 0 aromatic heterocycles. The van der Waals surface area contributed by atoms with Crippen molar-refractivity contribution < 1.29 is 19.1 Å². The van der Waals surface area contributed by atoms with Gasteiger partial charge >= 0.3 is 0 Å². The summed E-state index contributed by atoms with van der Waals surface area (Å²) in [7, 11) is 0. The maximum absolute atomic E-state index is 14.0. The smallest absolute Gasteiger partial charge is 0.246 e. The second kappa shape index (κ2) is 10.3. The predicted octanol–water partition coefficient (Wildman–Crippen LogP) is 4.72. The maximum Gasteiger partial charge on any atom is 0.246 e. The highest BCUT2D eigenvalue weighted by Gasteiger charge is 2.72. The van der Waals surface area contributed by atoms with Crippen LogP contribution in [0, 0.1) is 36.5 Å². The number of amides is 3. The van der Waals surface area contributed by atoms with Gasteiger partial charge in [0.1, 0.15) is 11.6 Å². The maximum atomic E-state index is 14.0. The number of anilines is 1. The molecule has 3 heterocycles. The van der Waals surface area contributed by atoms with Crippen LogP contribution in [0.5, 0.6) is 0 Å². The summed E-state index contributed by atoms with van der Waals surface area (Å²) in [6, 6.07) is 4.63. The van der Waals surface area contributed by atoms with E-state index in [1.165, 1.54) is 6.42 Å². The first kappa shape index (κ1) is 27.2. The van der Waals surface area contributed by atoms with Crippen molar-refractivity contribution in [3.63, 3.8) is 0 Å². The van der Waals surface area contributed by atoms with E-state index in [9.17, 15) is 14.4 Å². The van der Waals surface area contributed by atoms with Crippen LogP contribution in [0.25, 0.3) is 0 Å². The largest absolute Gasteiger partial charge is 0.359 e. The monoisotopic (exact) mass is 541 g/mol. The van der Waals surface area contributed by atoms with Crippen LogP contribution in [0.3, 0.4) is 0 Å². The van der Waals surface area contributed by atoms with Gasteiger partial charge < -0.3 is 20.3 Å². The molecule has 7 nitrogen and oxygen atoms in total. The predicted molar refractivity (Wildman–Crippen MR) is 148 cm³/mol. The number of ether oxygens (including phenoxy) is 1. The molecule has 1 aromatic carbocycles. The molecule has 38 heavy (non-hydrogen) atoms. The molecule has 1 spiro atoms. The summed E-state index contributed by atoms with van der Waals surface area (Å²) in [6.45, 7) is 11.0. The van der Waals surface area contributed by atoms with Crippen molar-refractivity contribution in [3.8, 4) is 0 Å². The van der Waals surface area contributed by atoms with Crippen LogP contribution in [0.4, 0.5) is 5.69 Å². The molecule has 2 bridgehead atoms. The molecule has 1 aliphatic carbocycles. The third kappa shape index (κ3) is 4.56. The zero-order valence-corrected chi connectivity index (χ0v) is 23.8. The van der Waals surface area contributed by atoms with E-state index in [1.807, 2.05) is 25.1 Å². The number of halogens is 1. The molecule has 3 fully saturated rings. The average molecular weight is 542 g/mol. The second-order valence-electron chi connectivity index (χ2n) is 12.3. The first-order valence-electron chi connectivity index (χ1n) is 14.1. The molecule has 0 radical (unpaired) electrons. The minimum absolute atomic E-state index is 0.0664. The number of likely N-dealkylation sites (tertiary alicyclic amines) is 1. The van der Waals surface area contributed by atoms with Gasteiger partial charge in [0.05, 0.1) is 17.9 Å². The molecule has 4 aliphatic rings. The van der Waals surface area contributed by atoms with Gasteiger partial charge in [0, 0.05) is 23.3 Å². The summed E-state index contributed by atoms with van der Waals surface area (Å²) in [4.78, 5) is 43.3. The Balaban J connectivity index is 1.43. The standard InChI is InChI=1S/C30H40ClN3O4/c1-16(2)12-14-34-26(28(36)33-22-8-6-7-17(3)19(22)5)30-13-11-23(38-30)24(25(30)29(34)37)27(35)32-20-10-9-18(4)21(31)15-20/h9-11,13,15-17,19,22-26H,6-8,12,14H2,1-5H3,(H,32,35)(H,33,36)/t17-,19-,22-,23-,24+,25-,26-,30-/m1/s1.